The molecule has 3 amide bonds. The lowest BCUT2D eigenvalue weighted by Gasteiger charge is -2.54. The summed E-state index contributed by atoms with van der Waals surface area (Å²) >= 11 is 1.58. The summed E-state index contributed by atoms with van der Waals surface area (Å²) < 4.78 is 50.6. The van der Waals surface area contributed by atoms with Crippen molar-refractivity contribution >= 4 is 62.6 Å². The van der Waals surface area contributed by atoms with Gasteiger partial charge in [-0.15, -0.1) is 17.8 Å². The molecule has 5 fully saturated rings. The van der Waals surface area contributed by atoms with Gasteiger partial charge in [-0.25, -0.2) is 18.6 Å². The number of phenolic OH excluding ortho intramolecular Hbond substituents is 1. The van der Waals surface area contributed by atoms with Crippen molar-refractivity contribution in [3.63, 3.8) is 0 Å². The molecule has 0 aliphatic carbocycles. The van der Waals surface area contributed by atoms with Crippen LogP contribution >= 0.6 is 11.3 Å². The molecular formula is C64H71F2N11O8S. The number of thiazole rings is 1. The summed E-state index contributed by atoms with van der Waals surface area (Å²) in [4.78, 5) is 71.2. The maximum absolute atomic E-state index is 17.4. The molecule has 450 valence electrons. The number of rotatable bonds is 14. The Morgan fingerprint density at radius 3 is 2.37 bits per heavy atom. The van der Waals surface area contributed by atoms with E-state index < -0.39 is 35.3 Å². The van der Waals surface area contributed by atoms with Crippen LogP contribution in [0.5, 0.6) is 11.8 Å². The molecule has 9 heterocycles. The van der Waals surface area contributed by atoms with Crippen molar-refractivity contribution in [2.24, 2.45) is 11.3 Å². The molecular weight excluding hydrogens is 1120 g/mol. The highest BCUT2D eigenvalue weighted by Crippen LogP contribution is 2.45. The second-order valence-corrected chi connectivity index (χ2v) is 26.1. The molecule has 12 rings (SSSR count). The van der Waals surface area contributed by atoms with E-state index in [9.17, 15) is 24.6 Å². The quantitative estimate of drug-likeness (QED) is 0.0865. The van der Waals surface area contributed by atoms with E-state index in [1.54, 1.807) is 11.3 Å². The van der Waals surface area contributed by atoms with Crippen LogP contribution in [0.4, 0.5) is 25.2 Å². The predicted octanol–water partition coefficient (Wildman–Crippen LogP) is 9.38. The van der Waals surface area contributed by atoms with Gasteiger partial charge in [0.1, 0.15) is 52.8 Å². The highest BCUT2D eigenvalue weighted by atomic mass is 32.1. The summed E-state index contributed by atoms with van der Waals surface area (Å²) in [6, 6.07) is 13.6. The Morgan fingerprint density at radius 1 is 0.965 bits per heavy atom. The van der Waals surface area contributed by atoms with E-state index in [1.165, 1.54) is 35.4 Å². The first-order chi connectivity index (χ1) is 41.1. The number of hydrogen-bond acceptors (Lipinski definition) is 17. The lowest BCUT2D eigenvalue weighted by molar-refractivity contribution is -0.141. The minimum Gasteiger partial charge on any atom is -0.508 e. The second kappa shape index (κ2) is 23.0. The van der Waals surface area contributed by atoms with Crippen LogP contribution in [0.25, 0.3) is 43.4 Å². The third-order valence-corrected chi connectivity index (χ3v) is 18.8. The van der Waals surface area contributed by atoms with Crippen molar-refractivity contribution in [1.29, 1.82) is 0 Å². The van der Waals surface area contributed by atoms with E-state index in [0.29, 0.717) is 47.8 Å². The Hall–Kier alpha value is -8.00. The van der Waals surface area contributed by atoms with E-state index in [1.807, 2.05) is 94.1 Å². The van der Waals surface area contributed by atoms with Crippen molar-refractivity contribution in [2.45, 2.75) is 122 Å². The van der Waals surface area contributed by atoms with Gasteiger partial charge in [0.15, 0.2) is 17.4 Å². The number of terminal acetylenes is 1. The lowest BCUT2D eigenvalue weighted by Crippen LogP contribution is -2.60. The van der Waals surface area contributed by atoms with Crippen LogP contribution in [0.2, 0.25) is 0 Å². The SMILES string of the molecule is C#Cc1c(F)ccc2cc(O)cc(-c3ncc4c(N5CC6CCC(C5)N6C(=O)OC(C)(C)C)nc(OCCN5CCC6(CC5)CN(c5cc([C@H](C(=O)N7C[C@H](O)C[C@H]7C(=O)N[C@@H](C)c7ccc(-c8scnc8C)cc7)C(C)C)on5)C6)nc4c3F)c12. The molecule has 86 heavy (non-hydrogen) atoms. The van der Waals surface area contributed by atoms with Gasteiger partial charge in [-0.2, -0.15) is 9.97 Å². The van der Waals surface area contributed by atoms with Crippen molar-refractivity contribution in [1.82, 2.24) is 45.1 Å². The average molecular weight is 1190 g/mol. The number of benzene rings is 3. The molecule has 5 aliphatic rings. The molecule has 22 heteroatoms. The molecule has 2 bridgehead atoms. The topological polar surface area (TPSA) is 216 Å². The summed E-state index contributed by atoms with van der Waals surface area (Å²) in [5, 5.41) is 30.1. The number of aliphatic hydroxyl groups is 1. The molecule has 0 radical (unpaired) electrons. The number of likely N-dealkylation sites (tertiary alicyclic amines) is 2. The Balaban J connectivity index is 0.695. The standard InChI is InChI=1S/C64H71F2N11O8S/c1-9-45-48(65)17-14-40-24-43(78)25-46(53(40)45)55-54(66)56-47(28-67-55)58(74-29-41-15-16-42(30-74)77(41)62(82)84-63(6,7)8)71-61(70-56)83-23-22-73-20-18-64(19-21-73)32-75(33-64)51-27-50(85-72-51)52(35(2)3)60(81)76-31-44(79)26-49(76)59(80)69-36(4)38-10-12-39(13-11-38)57-37(5)68-34-86-57/h1,10-14,17,24-25,27-28,34-36,41-42,44,49,52,78-79H,15-16,18-23,26,29-33H2,2-8H3,(H,69,80)/t36-,41?,42?,44+,49-,52+/m0/s1. The number of piperazine rings is 1. The van der Waals surface area contributed by atoms with Crippen LogP contribution < -0.4 is 19.9 Å². The number of ether oxygens (including phenoxy) is 2. The fourth-order valence-corrected chi connectivity index (χ4v) is 14.2. The first-order valence-electron chi connectivity index (χ1n) is 29.6. The number of β-amino-alcohol motifs (C(OH)–C–C–N with tert-alkyl or cyclic N) is 1. The summed E-state index contributed by atoms with van der Waals surface area (Å²) in [7, 11) is 0. The minimum absolute atomic E-state index is 0.0337. The zero-order valence-corrected chi connectivity index (χ0v) is 50.2. The zero-order valence-electron chi connectivity index (χ0n) is 49.3. The van der Waals surface area contributed by atoms with E-state index in [4.69, 9.17) is 25.4 Å². The van der Waals surface area contributed by atoms with Gasteiger partial charge in [0.2, 0.25) is 11.8 Å². The highest BCUT2D eigenvalue weighted by Gasteiger charge is 2.48. The van der Waals surface area contributed by atoms with Crippen molar-refractivity contribution in [3.8, 4) is 45.8 Å². The Kier molecular flexibility index (Phi) is 15.6. The number of aromatic hydroxyl groups is 1. The summed E-state index contributed by atoms with van der Waals surface area (Å²) in [5.41, 5.74) is 3.86. The number of hydrogen-bond donors (Lipinski definition) is 3. The molecule has 6 atom stereocenters. The largest absolute Gasteiger partial charge is 0.508 e. The van der Waals surface area contributed by atoms with Crippen molar-refractivity contribution < 1.29 is 47.4 Å². The van der Waals surface area contributed by atoms with Crippen LogP contribution in [0.3, 0.4) is 0 Å². The normalized spacial score (nSPS) is 21.0. The van der Waals surface area contributed by atoms with Crippen LogP contribution in [0.15, 0.2) is 70.8 Å². The van der Waals surface area contributed by atoms with Gasteiger partial charge in [-0.1, -0.05) is 55.3 Å². The zero-order chi connectivity index (χ0) is 60.5. The van der Waals surface area contributed by atoms with Gasteiger partial charge in [-0.3, -0.25) is 24.4 Å². The molecule has 4 aromatic heterocycles. The number of nitrogens with zero attached hydrogens (tertiary/aromatic N) is 10. The maximum atomic E-state index is 17.4. The number of anilines is 2. The number of amides is 3. The third-order valence-electron chi connectivity index (χ3n) is 17.8. The molecule has 5 saturated heterocycles. The van der Waals surface area contributed by atoms with E-state index in [0.717, 1.165) is 73.6 Å². The highest BCUT2D eigenvalue weighted by molar-refractivity contribution is 7.13. The predicted molar refractivity (Wildman–Crippen MR) is 322 cm³/mol. The fraction of sp³-hybridized carbons (Fsp3) is 0.469. The van der Waals surface area contributed by atoms with E-state index in [2.05, 4.69) is 41.1 Å². The number of piperidine rings is 1. The first kappa shape index (κ1) is 58.4. The van der Waals surface area contributed by atoms with Crippen molar-refractivity contribution in [2.75, 3.05) is 68.8 Å². The molecule has 19 nitrogen and oxygen atoms in total. The number of aliphatic hydroxyl groups excluding tert-OH is 1. The number of aryl methyl sites for hydroxylation is 1. The van der Waals surface area contributed by atoms with Crippen molar-refractivity contribution in [3.05, 3.63) is 101 Å². The molecule has 3 aromatic carbocycles. The van der Waals surface area contributed by atoms with Crippen LogP contribution in [-0.4, -0.2) is 157 Å². The Bertz CT molecular complexity index is 3780. The number of aromatic nitrogens is 5. The number of nitrogens with one attached hydrogen (secondary N) is 1. The lowest BCUT2D eigenvalue weighted by atomic mass is 9.72. The van der Waals surface area contributed by atoms with Gasteiger partial charge < -0.3 is 44.2 Å². The van der Waals surface area contributed by atoms with Gasteiger partial charge in [0.25, 0.3) is 0 Å². The molecule has 0 saturated carbocycles. The number of carbonyl (C=O) groups excluding carboxylic acids is 3. The molecule has 1 spiro atoms. The second-order valence-electron chi connectivity index (χ2n) is 25.2. The molecule has 2 unspecified atom stereocenters. The summed E-state index contributed by atoms with van der Waals surface area (Å²) in [5.74, 6) is 0.610. The molecule has 3 N–H and O–H groups in total. The van der Waals surface area contributed by atoms with Gasteiger partial charge in [-0.05, 0) is 114 Å². The van der Waals surface area contributed by atoms with Crippen LogP contribution in [0, 0.1) is 42.2 Å². The molecule has 5 aliphatic heterocycles. The van der Waals surface area contributed by atoms with E-state index in [-0.39, 0.29) is 106 Å². The van der Waals surface area contributed by atoms with Gasteiger partial charge >= 0.3 is 12.1 Å². The first-order valence-corrected chi connectivity index (χ1v) is 30.4. The van der Waals surface area contributed by atoms with Gasteiger partial charge in [0, 0.05) is 74.3 Å². The molecule has 7 aromatic rings. The Morgan fingerprint density at radius 2 is 1.70 bits per heavy atom. The Labute approximate surface area is 501 Å². The number of halogens is 2. The summed E-state index contributed by atoms with van der Waals surface area (Å²) in [6.45, 7) is 18.0. The van der Waals surface area contributed by atoms with E-state index >= 15 is 8.78 Å². The number of phenols is 1. The third kappa shape index (κ3) is 11.2. The smallest absolute Gasteiger partial charge is 0.410 e. The van der Waals surface area contributed by atoms with Crippen LogP contribution in [-0.2, 0) is 14.3 Å². The van der Waals surface area contributed by atoms with Crippen LogP contribution in [0.1, 0.15) is 108 Å². The fourth-order valence-electron chi connectivity index (χ4n) is 13.4. The minimum atomic E-state index is -0.855. The van der Waals surface area contributed by atoms with Gasteiger partial charge in [0.05, 0.1) is 51.3 Å². The maximum Gasteiger partial charge on any atom is 0.410 e. The summed E-state index contributed by atoms with van der Waals surface area (Å²) in [6.07, 6.45) is 9.51. The number of fused-ring (bicyclic) bond motifs is 4. The number of pyridine rings is 1. The monoisotopic (exact) mass is 1190 g/mol. The average Bonchev–Trinajstić information content (AvgIpc) is 1.21. The number of carbonyl (C=O) groups is 3.